The highest BCUT2D eigenvalue weighted by molar-refractivity contribution is 14.0. The summed E-state index contributed by atoms with van der Waals surface area (Å²) in [6.45, 7) is 7.15. The third-order valence-electron chi connectivity index (χ3n) is 5.34. The second-order valence-electron chi connectivity index (χ2n) is 7.42. The summed E-state index contributed by atoms with van der Waals surface area (Å²) in [6, 6.07) is 6.68. The monoisotopic (exact) mass is 502 g/mol. The molecule has 158 valence electrons. The van der Waals surface area contributed by atoms with Gasteiger partial charge in [-0.2, -0.15) is 0 Å². The Labute approximate surface area is 186 Å². The van der Waals surface area contributed by atoms with Crippen molar-refractivity contribution in [3.63, 3.8) is 0 Å². The number of fused-ring (bicyclic) bond motifs is 1. The lowest BCUT2D eigenvalue weighted by Gasteiger charge is -2.33. The highest BCUT2D eigenvalue weighted by atomic mass is 127. The summed E-state index contributed by atoms with van der Waals surface area (Å²) in [7, 11) is 1.80. The Morgan fingerprint density at radius 3 is 2.75 bits per heavy atom. The summed E-state index contributed by atoms with van der Waals surface area (Å²) in [5, 5.41) is 6.75. The first-order valence-electron chi connectivity index (χ1n) is 10.4. The van der Waals surface area contributed by atoms with Crippen LogP contribution in [0.5, 0.6) is 11.5 Å². The number of unbranched alkanes of at least 4 members (excludes halogenated alkanes) is 1. The molecule has 3 rings (SSSR count). The van der Waals surface area contributed by atoms with Crippen molar-refractivity contribution in [3.05, 3.63) is 18.2 Å². The molecule has 2 aliphatic heterocycles. The minimum atomic E-state index is 0. The molecule has 7 heteroatoms. The van der Waals surface area contributed by atoms with E-state index in [9.17, 15) is 0 Å². The van der Waals surface area contributed by atoms with Gasteiger partial charge < -0.3 is 25.0 Å². The van der Waals surface area contributed by atoms with Gasteiger partial charge in [0.2, 0.25) is 0 Å². The molecule has 1 atom stereocenters. The molecule has 0 aromatic heterocycles. The molecule has 0 saturated carbocycles. The molecule has 0 amide bonds. The van der Waals surface area contributed by atoms with Crippen LogP contribution in [-0.2, 0) is 0 Å². The Morgan fingerprint density at radius 2 is 1.96 bits per heavy atom. The van der Waals surface area contributed by atoms with Crippen LogP contribution in [0.2, 0.25) is 0 Å². The zero-order chi connectivity index (χ0) is 18.9. The molecular formula is C21H35IN4O2. The number of piperidine rings is 1. The molecule has 2 heterocycles. The molecule has 2 N–H and O–H groups in total. The van der Waals surface area contributed by atoms with E-state index in [1.54, 1.807) is 7.05 Å². The van der Waals surface area contributed by atoms with Gasteiger partial charge in [-0.3, -0.25) is 4.99 Å². The van der Waals surface area contributed by atoms with Gasteiger partial charge in [0.1, 0.15) is 0 Å². The van der Waals surface area contributed by atoms with Gasteiger partial charge in [0.05, 0.1) is 13.2 Å². The maximum absolute atomic E-state index is 5.75. The normalized spacial score (nSPS) is 20.1. The Bertz CT molecular complexity index is 626. The summed E-state index contributed by atoms with van der Waals surface area (Å²) >= 11 is 0. The molecule has 0 bridgehead atoms. The molecule has 1 unspecified atom stereocenters. The Morgan fingerprint density at radius 1 is 1.14 bits per heavy atom. The molecule has 1 saturated heterocycles. The maximum atomic E-state index is 5.75. The van der Waals surface area contributed by atoms with E-state index in [1.807, 2.05) is 18.2 Å². The first-order chi connectivity index (χ1) is 13.3. The number of likely N-dealkylation sites (tertiary alicyclic amines) is 1. The second kappa shape index (κ2) is 12.4. The number of guanidine groups is 1. The Balaban J connectivity index is 0.00000280. The van der Waals surface area contributed by atoms with Gasteiger partial charge in [-0.25, -0.2) is 0 Å². The molecule has 28 heavy (non-hydrogen) atoms. The fraction of sp³-hybridized carbons (Fsp3) is 0.667. The second-order valence-corrected chi connectivity index (χ2v) is 7.42. The van der Waals surface area contributed by atoms with Gasteiger partial charge >= 0.3 is 0 Å². The fourth-order valence-electron chi connectivity index (χ4n) is 3.69. The van der Waals surface area contributed by atoms with Gasteiger partial charge in [0.25, 0.3) is 0 Å². The van der Waals surface area contributed by atoms with E-state index in [1.165, 1.54) is 38.8 Å². The highest BCUT2D eigenvalue weighted by Gasteiger charge is 2.17. The molecule has 1 aromatic rings. The molecule has 2 aliphatic rings. The van der Waals surface area contributed by atoms with Gasteiger partial charge in [-0.1, -0.05) is 6.42 Å². The SMILES string of the molecule is CN=C(NCCCCN1CCCCC1C)Nc1ccc2c(c1)OCCCO2.I. The summed E-state index contributed by atoms with van der Waals surface area (Å²) in [5.41, 5.74) is 0.953. The lowest BCUT2D eigenvalue weighted by atomic mass is 10.0. The third-order valence-corrected chi connectivity index (χ3v) is 5.34. The number of nitrogens with one attached hydrogen (secondary N) is 2. The van der Waals surface area contributed by atoms with Crippen molar-refractivity contribution in [2.45, 2.75) is 51.5 Å². The lowest BCUT2D eigenvalue weighted by molar-refractivity contribution is 0.158. The van der Waals surface area contributed by atoms with Crippen molar-refractivity contribution in [2.24, 2.45) is 4.99 Å². The van der Waals surface area contributed by atoms with Crippen LogP contribution in [0, 0.1) is 0 Å². The van der Waals surface area contributed by atoms with Crippen molar-refractivity contribution in [2.75, 3.05) is 45.2 Å². The number of aliphatic imine (C=N–C) groups is 1. The molecule has 6 nitrogen and oxygen atoms in total. The van der Waals surface area contributed by atoms with Crippen molar-refractivity contribution in [1.29, 1.82) is 0 Å². The van der Waals surface area contributed by atoms with Crippen molar-refractivity contribution in [3.8, 4) is 11.5 Å². The van der Waals surface area contributed by atoms with E-state index in [0.717, 1.165) is 48.6 Å². The minimum absolute atomic E-state index is 0. The average molecular weight is 502 g/mol. The van der Waals surface area contributed by atoms with E-state index in [2.05, 4.69) is 27.4 Å². The van der Waals surface area contributed by atoms with Gasteiger partial charge in [-0.15, -0.1) is 24.0 Å². The molecular weight excluding hydrogens is 467 g/mol. The van der Waals surface area contributed by atoms with Crippen LogP contribution >= 0.6 is 24.0 Å². The molecule has 1 aromatic carbocycles. The number of hydrogen-bond donors (Lipinski definition) is 2. The fourth-order valence-corrected chi connectivity index (χ4v) is 3.69. The van der Waals surface area contributed by atoms with E-state index < -0.39 is 0 Å². The van der Waals surface area contributed by atoms with Crippen molar-refractivity contribution >= 4 is 35.6 Å². The largest absolute Gasteiger partial charge is 0.490 e. The van der Waals surface area contributed by atoms with Crippen LogP contribution in [0.25, 0.3) is 0 Å². The van der Waals surface area contributed by atoms with Crippen LogP contribution in [-0.4, -0.2) is 56.8 Å². The number of anilines is 1. The molecule has 0 spiro atoms. The predicted octanol–water partition coefficient (Wildman–Crippen LogP) is 4.11. The summed E-state index contributed by atoms with van der Waals surface area (Å²) in [4.78, 5) is 6.96. The van der Waals surface area contributed by atoms with Crippen LogP contribution in [0.3, 0.4) is 0 Å². The summed E-state index contributed by atoms with van der Waals surface area (Å²) in [5.74, 6) is 2.40. The summed E-state index contributed by atoms with van der Waals surface area (Å²) < 4.78 is 11.4. The lowest BCUT2D eigenvalue weighted by Crippen LogP contribution is -2.38. The topological polar surface area (TPSA) is 58.1 Å². The van der Waals surface area contributed by atoms with Crippen molar-refractivity contribution < 1.29 is 9.47 Å². The molecule has 0 radical (unpaired) electrons. The first-order valence-corrected chi connectivity index (χ1v) is 10.4. The number of nitrogens with zero attached hydrogens (tertiary/aromatic N) is 2. The van der Waals surface area contributed by atoms with Crippen LogP contribution in [0.1, 0.15) is 45.4 Å². The zero-order valence-electron chi connectivity index (χ0n) is 17.2. The van der Waals surface area contributed by atoms with Crippen LogP contribution in [0.15, 0.2) is 23.2 Å². The van der Waals surface area contributed by atoms with E-state index in [-0.39, 0.29) is 24.0 Å². The third kappa shape index (κ3) is 6.99. The van der Waals surface area contributed by atoms with Crippen LogP contribution < -0.4 is 20.1 Å². The highest BCUT2D eigenvalue weighted by Crippen LogP contribution is 2.32. The number of halogens is 1. The number of benzene rings is 1. The van der Waals surface area contributed by atoms with E-state index >= 15 is 0 Å². The standard InChI is InChI=1S/C21H34N4O2.HI/c1-17-8-3-5-12-25(17)13-6-4-11-23-21(22-2)24-18-9-10-19-20(16-18)27-15-7-14-26-19;/h9-10,16-17H,3-8,11-15H2,1-2H3,(H2,22,23,24);1H. The zero-order valence-corrected chi connectivity index (χ0v) is 19.5. The Kier molecular flexibility index (Phi) is 10.2. The van der Waals surface area contributed by atoms with Gasteiger partial charge in [-0.05, 0) is 57.8 Å². The molecule has 1 fully saturated rings. The number of hydrogen-bond acceptors (Lipinski definition) is 4. The summed E-state index contributed by atoms with van der Waals surface area (Å²) in [6.07, 6.45) is 7.38. The smallest absolute Gasteiger partial charge is 0.195 e. The van der Waals surface area contributed by atoms with E-state index in [0.29, 0.717) is 13.2 Å². The number of rotatable bonds is 6. The predicted molar refractivity (Wildman–Crippen MR) is 127 cm³/mol. The minimum Gasteiger partial charge on any atom is -0.490 e. The maximum Gasteiger partial charge on any atom is 0.195 e. The van der Waals surface area contributed by atoms with Gasteiger partial charge in [0.15, 0.2) is 17.5 Å². The van der Waals surface area contributed by atoms with Crippen LogP contribution in [0.4, 0.5) is 5.69 Å². The first kappa shape index (κ1) is 23.1. The van der Waals surface area contributed by atoms with Gasteiger partial charge in [0, 0.05) is 37.8 Å². The Hall–Kier alpha value is -1.22. The van der Waals surface area contributed by atoms with E-state index in [4.69, 9.17) is 9.47 Å². The number of ether oxygens (including phenoxy) is 2. The molecule has 0 aliphatic carbocycles. The quantitative estimate of drug-likeness (QED) is 0.266. The average Bonchev–Trinajstić information content (AvgIpc) is 2.93. The van der Waals surface area contributed by atoms with Crippen molar-refractivity contribution in [1.82, 2.24) is 10.2 Å².